The van der Waals surface area contributed by atoms with Gasteiger partial charge >= 0.3 is 11.9 Å². The van der Waals surface area contributed by atoms with Crippen molar-refractivity contribution in [3.05, 3.63) is 58.3 Å². The van der Waals surface area contributed by atoms with Crippen LogP contribution < -0.4 is 5.32 Å². The molecule has 0 fully saturated rings. The minimum atomic E-state index is -2.54. The van der Waals surface area contributed by atoms with Crippen LogP contribution in [0, 0.1) is 10.1 Å². The number of hydrogen-bond donors (Lipinski definition) is 1. The number of thioether (sulfide) groups is 1. The molecule has 1 heterocycles. The highest BCUT2D eigenvalue weighted by Gasteiger charge is 2.11. The second kappa shape index (κ2) is 9.48. The number of nitrogens with one attached hydrogen (secondary N) is 1. The van der Waals surface area contributed by atoms with E-state index >= 15 is 0 Å². The second-order valence-electron chi connectivity index (χ2n) is 4.83. The molecule has 0 aliphatic heterocycles. The molecule has 8 nitrogen and oxygen atoms in total. The summed E-state index contributed by atoms with van der Waals surface area (Å²) in [6.07, 6.45) is 2.11. The number of nitrogens with zero attached hydrogens (tertiary/aromatic N) is 1. The first kappa shape index (κ1) is 20.1. The van der Waals surface area contributed by atoms with Crippen LogP contribution in [0.2, 0.25) is 0 Å². The van der Waals surface area contributed by atoms with E-state index in [1.807, 2.05) is 0 Å². The summed E-state index contributed by atoms with van der Waals surface area (Å²) in [7, 11) is 0. The first-order valence-electron chi connectivity index (χ1n) is 7.27. The summed E-state index contributed by atoms with van der Waals surface area (Å²) >= 11 is 0.379. The number of ether oxygens (including phenoxy) is 1. The molecule has 1 aromatic heterocycles. The van der Waals surface area contributed by atoms with Gasteiger partial charge in [-0.1, -0.05) is 11.8 Å². The van der Waals surface area contributed by atoms with Crippen LogP contribution in [-0.2, 0) is 14.3 Å². The Balaban J connectivity index is 1.77. The highest BCUT2D eigenvalue weighted by atomic mass is 32.2. The molecule has 27 heavy (non-hydrogen) atoms. The third-order valence-corrected chi connectivity index (χ3v) is 3.61. The Hall–Kier alpha value is -3.21. The van der Waals surface area contributed by atoms with Crippen molar-refractivity contribution in [3.8, 4) is 0 Å². The number of anilines is 1. The van der Waals surface area contributed by atoms with Gasteiger partial charge in [0.05, 0.1) is 6.07 Å². The molecule has 0 aliphatic rings. The highest BCUT2D eigenvalue weighted by Crippen LogP contribution is 2.26. The SMILES string of the molecule is O=C(COC(=O)/C=C/c1ccc([N+](=O)[O-])o1)Nc1ccc(SC(F)F)cc1. The molecule has 11 heteroatoms. The van der Waals surface area contributed by atoms with Gasteiger partial charge in [0.25, 0.3) is 11.7 Å². The highest BCUT2D eigenvalue weighted by molar-refractivity contribution is 7.99. The Labute approximate surface area is 155 Å². The summed E-state index contributed by atoms with van der Waals surface area (Å²) in [4.78, 5) is 33.3. The van der Waals surface area contributed by atoms with Crippen molar-refractivity contribution < 1.29 is 32.4 Å². The molecule has 0 saturated heterocycles. The Kier molecular flexibility index (Phi) is 7.06. The number of carbonyl (C=O) groups excluding carboxylic acids is 2. The lowest BCUT2D eigenvalue weighted by Crippen LogP contribution is -2.20. The van der Waals surface area contributed by atoms with Crippen molar-refractivity contribution >= 4 is 41.3 Å². The standard InChI is InChI=1S/C16H12F2N2O6S/c17-16(18)27-12-5-1-10(2-6-12)19-13(21)9-25-15(22)8-4-11-3-7-14(26-11)20(23)24/h1-8,16H,9H2,(H,19,21)/b8-4+. The lowest BCUT2D eigenvalue weighted by Gasteiger charge is -2.06. The number of halogens is 2. The topological polar surface area (TPSA) is 112 Å². The monoisotopic (exact) mass is 398 g/mol. The van der Waals surface area contributed by atoms with E-state index in [0.29, 0.717) is 22.3 Å². The quantitative estimate of drug-likeness (QED) is 0.237. The second-order valence-corrected chi connectivity index (χ2v) is 5.89. The number of carbonyl (C=O) groups is 2. The van der Waals surface area contributed by atoms with Gasteiger partial charge in [0.1, 0.15) is 10.7 Å². The van der Waals surface area contributed by atoms with Gasteiger partial charge in [-0.25, -0.2) is 4.79 Å². The van der Waals surface area contributed by atoms with E-state index in [1.54, 1.807) is 0 Å². The lowest BCUT2D eigenvalue weighted by atomic mass is 10.3. The summed E-state index contributed by atoms with van der Waals surface area (Å²) in [5.74, 6) is -4.41. The minimum absolute atomic E-state index is 0.0739. The molecule has 0 unspecified atom stereocenters. The van der Waals surface area contributed by atoms with Crippen molar-refractivity contribution in [1.29, 1.82) is 0 Å². The zero-order valence-corrected chi connectivity index (χ0v) is 14.3. The molecule has 1 amide bonds. The number of esters is 1. The minimum Gasteiger partial charge on any atom is -0.452 e. The molecule has 142 valence electrons. The first-order chi connectivity index (χ1) is 12.8. The van der Waals surface area contributed by atoms with E-state index in [4.69, 9.17) is 9.15 Å². The molecule has 1 N–H and O–H groups in total. The number of nitro groups is 1. The third-order valence-electron chi connectivity index (χ3n) is 2.88. The number of benzene rings is 1. The molecule has 0 spiro atoms. The fourth-order valence-corrected chi connectivity index (χ4v) is 2.28. The van der Waals surface area contributed by atoms with Gasteiger partial charge in [-0.2, -0.15) is 8.78 Å². The number of amides is 1. The molecular weight excluding hydrogens is 386 g/mol. The zero-order valence-electron chi connectivity index (χ0n) is 13.5. The summed E-state index contributed by atoms with van der Waals surface area (Å²) in [6.45, 7) is -0.574. The summed E-state index contributed by atoms with van der Waals surface area (Å²) in [6, 6.07) is 8.14. The van der Waals surface area contributed by atoms with Gasteiger partial charge in [0, 0.05) is 16.7 Å². The predicted molar refractivity (Wildman–Crippen MR) is 92.3 cm³/mol. The van der Waals surface area contributed by atoms with Gasteiger partial charge in [-0.3, -0.25) is 14.9 Å². The smallest absolute Gasteiger partial charge is 0.433 e. The third kappa shape index (κ3) is 6.90. The Bertz CT molecular complexity index is 851. The number of rotatable bonds is 8. The zero-order chi connectivity index (χ0) is 19.8. The largest absolute Gasteiger partial charge is 0.452 e. The molecule has 0 aliphatic carbocycles. The molecule has 2 aromatic rings. The van der Waals surface area contributed by atoms with Crippen molar-refractivity contribution in [1.82, 2.24) is 0 Å². The van der Waals surface area contributed by atoms with Crippen LogP contribution in [0.25, 0.3) is 6.08 Å². The molecular formula is C16H12F2N2O6S. The molecule has 1 aromatic carbocycles. The van der Waals surface area contributed by atoms with Gasteiger partial charge < -0.3 is 14.5 Å². The van der Waals surface area contributed by atoms with Crippen LogP contribution in [-0.4, -0.2) is 29.2 Å². The normalized spacial score (nSPS) is 10.9. The van der Waals surface area contributed by atoms with Gasteiger partial charge in [-0.05, 0) is 36.4 Å². The fourth-order valence-electron chi connectivity index (χ4n) is 1.78. The van der Waals surface area contributed by atoms with E-state index in [-0.39, 0.29) is 5.76 Å². The van der Waals surface area contributed by atoms with E-state index in [9.17, 15) is 28.5 Å². The fraction of sp³-hybridized carbons (Fsp3) is 0.125. The first-order valence-corrected chi connectivity index (χ1v) is 8.15. The van der Waals surface area contributed by atoms with Crippen LogP contribution in [0.1, 0.15) is 5.76 Å². The number of furan rings is 1. The van der Waals surface area contributed by atoms with Crippen molar-refractivity contribution in [2.24, 2.45) is 0 Å². The van der Waals surface area contributed by atoms with E-state index in [0.717, 1.165) is 18.2 Å². The van der Waals surface area contributed by atoms with Gasteiger partial charge in [0.2, 0.25) is 0 Å². The van der Waals surface area contributed by atoms with Crippen molar-refractivity contribution in [2.75, 3.05) is 11.9 Å². The molecule has 0 saturated carbocycles. The van der Waals surface area contributed by atoms with Crippen molar-refractivity contribution in [3.63, 3.8) is 0 Å². The van der Waals surface area contributed by atoms with Gasteiger partial charge in [0.15, 0.2) is 6.61 Å². The van der Waals surface area contributed by atoms with Gasteiger partial charge in [-0.15, -0.1) is 0 Å². The molecule has 2 rings (SSSR count). The summed E-state index contributed by atoms with van der Waals surface area (Å²) < 4.78 is 34.0. The van der Waals surface area contributed by atoms with E-state index in [2.05, 4.69) is 5.32 Å². The van der Waals surface area contributed by atoms with Crippen LogP contribution in [0.5, 0.6) is 0 Å². The maximum Gasteiger partial charge on any atom is 0.433 e. The van der Waals surface area contributed by atoms with Crippen LogP contribution >= 0.6 is 11.8 Å². The van der Waals surface area contributed by atoms with Crippen LogP contribution in [0.4, 0.5) is 20.4 Å². The number of alkyl halides is 2. The molecule has 0 bridgehead atoms. The summed E-state index contributed by atoms with van der Waals surface area (Å²) in [5.41, 5.74) is 0.355. The lowest BCUT2D eigenvalue weighted by molar-refractivity contribution is -0.402. The average Bonchev–Trinajstić information content (AvgIpc) is 3.09. The molecule has 0 atom stereocenters. The van der Waals surface area contributed by atoms with E-state index in [1.165, 1.54) is 30.3 Å². The maximum atomic E-state index is 12.2. The molecule has 0 radical (unpaired) electrons. The van der Waals surface area contributed by atoms with E-state index < -0.39 is 35.0 Å². The Morgan fingerprint density at radius 3 is 2.56 bits per heavy atom. The Morgan fingerprint density at radius 2 is 1.96 bits per heavy atom. The maximum absolute atomic E-state index is 12.2. The van der Waals surface area contributed by atoms with Crippen LogP contribution in [0.3, 0.4) is 0 Å². The Morgan fingerprint density at radius 1 is 1.26 bits per heavy atom. The summed E-state index contributed by atoms with van der Waals surface area (Å²) in [5, 5.41) is 12.9. The predicted octanol–water partition coefficient (Wildman–Crippen LogP) is 3.70. The number of hydrogen-bond acceptors (Lipinski definition) is 7. The average molecular weight is 398 g/mol. The van der Waals surface area contributed by atoms with Crippen molar-refractivity contribution in [2.45, 2.75) is 10.7 Å². The van der Waals surface area contributed by atoms with Crippen LogP contribution in [0.15, 0.2) is 51.8 Å².